The standard InChI is InChI=1S/C33H45NO7/c1-21(2)25(32(36)24-13-14-28(39-6)30(18-24)40-16-10-15-38-5)19-27(29-20-26(22(3)4)33(37)41-29)34-31(35)17-23-11-8-7-9-12-23/h7-9,11-14,18,21-22,25-27,29H,10,15-17,19-20H2,1-6H3,(H,34,35)/t25-,26-,27-,29-/m0/s1. The SMILES string of the molecule is COCCCOc1cc(C(=O)[C@@H](C[C@H](NC(=O)Cc2ccccc2)[C@@H]2C[C@@H](C(C)C)C(=O)O2)C(C)C)ccc1OC. The van der Waals surface area contributed by atoms with E-state index in [-0.39, 0.29) is 41.8 Å². The van der Waals surface area contributed by atoms with E-state index in [1.165, 1.54) is 0 Å². The molecule has 224 valence electrons. The fourth-order valence-corrected chi connectivity index (χ4v) is 5.26. The lowest BCUT2D eigenvalue weighted by Crippen LogP contribution is -2.46. The second kappa shape index (κ2) is 15.6. The summed E-state index contributed by atoms with van der Waals surface area (Å²) in [5.41, 5.74) is 1.39. The van der Waals surface area contributed by atoms with Crippen LogP contribution in [-0.4, -0.2) is 57.2 Å². The Morgan fingerprint density at radius 2 is 1.73 bits per heavy atom. The van der Waals surface area contributed by atoms with Crippen molar-refractivity contribution < 1.29 is 33.3 Å². The Kier molecular flexibility index (Phi) is 12.2. The van der Waals surface area contributed by atoms with Gasteiger partial charge < -0.3 is 24.3 Å². The number of esters is 1. The summed E-state index contributed by atoms with van der Waals surface area (Å²) in [5, 5.41) is 3.12. The summed E-state index contributed by atoms with van der Waals surface area (Å²) < 4.78 is 22.3. The molecule has 1 aliphatic rings. The van der Waals surface area contributed by atoms with Gasteiger partial charge in [0.1, 0.15) is 6.10 Å². The molecule has 0 spiro atoms. The largest absolute Gasteiger partial charge is 0.493 e. The van der Waals surface area contributed by atoms with Gasteiger partial charge >= 0.3 is 5.97 Å². The zero-order valence-corrected chi connectivity index (χ0v) is 25.2. The second-order valence-electron chi connectivity index (χ2n) is 11.4. The van der Waals surface area contributed by atoms with Gasteiger partial charge in [-0.2, -0.15) is 0 Å². The number of carbonyl (C=O) groups excluding carboxylic acids is 3. The lowest BCUT2D eigenvalue weighted by Gasteiger charge is -2.29. The van der Waals surface area contributed by atoms with Crippen LogP contribution in [0.2, 0.25) is 0 Å². The first-order valence-electron chi connectivity index (χ1n) is 14.5. The molecule has 0 aromatic heterocycles. The van der Waals surface area contributed by atoms with Gasteiger partial charge in [0, 0.05) is 31.6 Å². The van der Waals surface area contributed by atoms with E-state index in [2.05, 4.69) is 5.32 Å². The van der Waals surface area contributed by atoms with Crippen molar-refractivity contribution in [1.82, 2.24) is 5.32 Å². The molecule has 2 aromatic rings. The number of ether oxygens (including phenoxy) is 4. The van der Waals surface area contributed by atoms with Crippen molar-refractivity contribution in [2.75, 3.05) is 27.4 Å². The van der Waals surface area contributed by atoms with Crippen LogP contribution in [0.5, 0.6) is 11.5 Å². The van der Waals surface area contributed by atoms with Crippen LogP contribution in [0.1, 0.15) is 62.9 Å². The van der Waals surface area contributed by atoms with Gasteiger partial charge in [-0.25, -0.2) is 0 Å². The Bertz CT molecular complexity index is 1150. The van der Waals surface area contributed by atoms with Gasteiger partial charge in [-0.15, -0.1) is 0 Å². The van der Waals surface area contributed by atoms with Crippen LogP contribution in [0.25, 0.3) is 0 Å². The number of methoxy groups -OCH3 is 2. The highest BCUT2D eigenvalue weighted by molar-refractivity contribution is 5.98. The lowest BCUT2D eigenvalue weighted by molar-refractivity contribution is -0.146. The molecule has 3 rings (SSSR count). The number of nitrogens with one attached hydrogen (secondary N) is 1. The summed E-state index contributed by atoms with van der Waals surface area (Å²) in [6, 6.07) is 14.2. The van der Waals surface area contributed by atoms with Crippen molar-refractivity contribution >= 4 is 17.7 Å². The molecule has 0 radical (unpaired) electrons. The number of hydrogen-bond acceptors (Lipinski definition) is 7. The third kappa shape index (κ3) is 9.05. The fourth-order valence-electron chi connectivity index (χ4n) is 5.26. The highest BCUT2D eigenvalue weighted by Crippen LogP contribution is 2.34. The fraction of sp³-hybridized carbons (Fsp3) is 0.545. The summed E-state index contributed by atoms with van der Waals surface area (Å²) in [7, 11) is 3.20. The summed E-state index contributed by atoms with van der Waals surface area (Å²) >= 11 is 0. The van der Waals surface area contributed by atoms with Crippen LogP contribution in [-0.2, 0) is 25.5 Å². The number of hydrogen-bond donors (Lipinski definition) is 1. The number of carbonyl (C=O) groups is 3. The molecule has 1 fully saturated rings. The van der Waals surface area contributed by atoms with Crippen LogP contribution in [0.15, 0.2) is 48.5 Å². The molecule has 1 amide bonds. The molecular weight excluding hydrogens is 522 g/mol. The summed E-state index contributed by atoms with van der Waals surface area (Å²) in [5.74, 6) is 0.0000564. The van der Waals surface area contributed by atoms with Crippen molar-refractivity contribution in [1.29, 1.82) is 0 Å². The van der Waals surface area contributed by atoms with Crippen LogP contribution >= 0.6 is 0 Å². The van der Waals surface area contributed by atoms with E-state index in [4.69, 9.17) is 18.9 Å². The maximum atomic E-state index is 13.9. The van der Waals surface area contributed by atoms with Gasteiger partial charge in [-0.05, 0) is 48.4 Å². The summed E-state index contributed by atoms with van der Waals surface area (Å²) in [6.07, 6.45) is 1.26. The molecule has 1 aliphatic heterocycles. The van der Waals surface area contributed by atoms with E-state index in [1.807, 2.05) is 58.0 Å². The number of rotatable bonds is 16. The van der Waals surface area contributed by atoms with Gasteiger partial charge in [-0.3, -0.25) is 14.4 Å². The number of benzene rings is 2. The maximum Gasteiger partial charge on any atom is 0.309 e. The topological polar surface area (TPSA) is 100 Å². The Morgan fingerprint density at radius 1 is 1.00 bits per heavy atom. The predicted octanol–water partition coefficient (Wildman–Crippen LogP) is 5.27. The number of cyclic esters (lactones) is 1. The molecule has 1 N–H and O–H groups in total. The van der Waals surface area contributed by atoms with Crippen LogP contribution < -0.4 is 14.8 Å². The van der Waals surface area contributed by atoms with E-state index in [0.717, 1.165) is 5.56 Å². The van der Waals surface area contributed by atoms with Crippen molar-refractivity contribution in [3.05, 3.63) is 59.7 Å². The molecule has 1 saturated heterocycles. The zero-order valence-electron chi connectivity index (χ0n) is 25.2. The number of Topliss-reactive ketones (excluding diaryl/α,β-unsaturated/α-hetero) is 1. The molecular formula is C33H45NO7. The van der Waals surface area contributed by atoms with E-state index in [0.29, 0.717) is 49.5 Å². The molecule has 0 saturated carbocycles. The smallest absolute Gasteiger partial charge is 0.309 e. The molecule has 8 heteroatoms. The molecule has 2 aromatic carbocycles. The van der Waals surface area contributed by atoms with Gasteiger partial charge in [0.2, 0.25) is 5.91 Å². The minimum absolute atomic E-state index is 0.0257. The van der Waals surface area contributed by atoms with Gasteiger partial charge in [0.05, 0.1) is 32.1 Å². The van der Waals surface area contributed by atoms with Crippen molar-refractivity contribution in [2.24, 2.45) is 23.7 Å². The second-order valence-corrected chi connectivity index (χ2v) is 11.4. The highest BCUT2D eigenvalue weighted by atomic mass is 16.6. The lowest BCUT2D eigenvalue weighted by atomic mass is 9.80. The van der Waals surface area contributed by atoms with Crippen LogP contribution in [0, 0.1) is 23.7 Å². The average molecular weight is 568 g/mol. The first kappa shape index (κ1) is 32.1. The molecule has 41 heavy (non-hydrogen) atoms. The molecule has 0 bridgehead atoms. The molecule has 8 nitrogen and oxygen atoms in total. The Balaban J connectivity index is 1.84. The first-order valence-corrected chi connectivity index (χ1v) is 14.5. The monoisotopic (exact) mass is 567 g/mol. The quantitative estimate of drug-likeness (QED) is 0.168. The van der Waals surface area contributed by atoms with E-state index >= 15 is 0 Å². The van der Waals surface area contributed by atoms with Crippen molar-refractivity contribution in [3.8, 4) is 11.5 Å². The minimum Gasteiger partial charge on any atom is -0.493 e. The number of amides is 1. The van der Waals surface area contributed by atoms with E-state index < -0.39 is 18.1 Å². The van der Waals surface area contributed by atoms with Crippen LogP contribution in [0.4, 0.5) is 0 Å². The predicted molar refractivity (Wildman–Crippen MR) is 157 cm³/mol. The van der Waals surface area contributed by atoms with Crippen molar-refractivity contribution in [2.45, 2.75) is 65.5 Å². The Hall–Kier alpha value is -3.39. The summed E-state index contributed by atoms with van der Waals surface area (Å²) in [6.45, 7) is 8.97. The van der Waals surface area contributed by atoms with E-state index in [1.54, 1.807) is 32.4 Å². The van der Waals surface area contributed by atoms with Gasteiger partial charge in [0.25, 0.3) is 0 Å². The van der Waals surface area contributed by atoms with Gasteiger partial charge in [-0.1, -0.05) is 58.0 Å². The highest BCUT2D eigenvalue weighted by Gasteiger charge is 2.42. The van der Waals surface area contributed by atoms with Crippen LogP contribution in [0.3, 0.4) is 0 Å². The van der Waals surface area contributed by atoms with Gasteiger partial charge in [0.15, 0.2) is 17.3 Å². The maximum absolute atomic E-state index is 13.9. The molecule has 1 heterocycles. The zero-order chi connectivity index (χ0) is 29.9. The Morgan fingerprint density at radius 3 is 2.34 bits per heavy atom. The minimum atomic E-state index is -0.502. The molecule has 4 atom stereocenters. The average Bonchev–Trinajstić information content (AvgIpc) is 3.35. The van der Waals surface area contributed by atoms with E-state index in [9.17, 15) is 14.4 Å². The normalized spacial score (nSPS) is 18.2. The summed E-state index contributed by atoms with van der Waals surface area (Å²) in [4.78, 5) is 39.8. The third-order valence-electron chi connectivity index (χ3n) is 7.71. The molecule has 0 aliphatic carbocycles. The number of ketones is 1. The third-order valence-corrected chi connectivity index (χ3v) is 7.71. The van der Waals surface area contributed by atoms with Crippen molar-refractivity contribution in [3.63, 3.8) is 0 Å². The molecule has 0 unspecified atom stereocenters. The first-order chi connectivity index (χ1) is 19.6. The Labute approximate surface area is 244 Å².